The van der Waals surface area contributed by atoms with Crippen molar-refractivity contribution in [2.45, 2.75) is 19.4 Å². The van der Waals surface area contributed by atoms with E-state index in [1.54, 1.807) is 0 Å². The van der Waals surface area contributed by atoms with Gasteiger partial charge in [-0.3, -0.25) is 0 Å². The molecule has 1 aromatic heterocycles. The zero-order valence-corrected chi connectivity index (χ0v) is 12.8. The quantitative estimate of drug-likeness (QED) is 0.789. The number of benzene rings is 1. The normalized spacial score (nSPS) is 12.7. The van der Waals surface area contributed by atoms with E-state index in [0.717, 1.165) is 13.6 Å². The molecule has 0 fully saturated rings. The summed E-state index contributed by atoms with van der Waals surface area (Å²) in [6.45, 7) is 1.86. The predicted molar refractivity (Wildman–Crippen MR) is 75.4 cm³/mol. The number of rotatable bonds is 3. The van der Waals surface area contributed by atoms with Crippen LogP contribution in [0, 0.1) is 3.57 Å². The molecule has 1 N–H and O–H groups in total. The van der Waals surface area contributed by atoms with Crippen molar-refractivity contribution in [1.29, 1.82) is 0 Å². The summed E-state index contributed by atoms with van der Waals surface area (Å²) in [4.78, 5) is 4.19. The Kier molecular flexibility index (Phi) is 4.16. The molecule has 1 atom stereocenters. The lowest BCUT2D eigenvalue weighted by Crippen LogP contribution is -1.97. The van der Waals surface area contributed by atoms with Crippen LogP contribution in [0.15, 0.2) is 27.2 Å². The lowest BCUT2D eigenvalue weighted by Gasteiger charge is -2.00. The minimum absolute atomic E-state index is 0.327. The van der Waals surface area contributed by atoms with Gasteiger partial charge in [0.2, 0.25) is 5.82 Å². The molecule has 0 bridgehead atoms. The van der Waals surface area contributed by atoms with Crippen molar-refractivity contribution in [3.8, 4) is 11.5 Å². The third-order valence-electron chi connectivity index (χ3n) is 2.29. The van der Waals surface area contributed by atoms with Crippen LogP contribution in [0.2, 0.25) is 0 Å². The summed E-state index contributed by atoms with van der Waals surface area (Å²) in [5, 5.41) is 13.4. The van der Waals surface area contributed by atoms with Gasteiger partial charge in [0, 0.05) is 8.04 Å². The number of aliphatic hydroxyl groups is 1. The highest BCUT2D eigenvalue weighted by atomic mass is 127. The summed E-state index contributed by atoms with van der Waals surface area (Å²) in [5.41, 5.74) is 0.832. The van der Waals surface area contributed by atoms with E-state index in [4.69, 9.17) is 4.52 Å². The van der Waals surface area contributed by atoms with Crippen LogP contribution in [0.3, 0.4) is 0 Å². The number of halogens is 2. The Morgan fingerprint density at radius 2 is 2.29 bits per heavy atom. The molecule has 6 heteroatoms. The van der Waals surface area contributed by atoms with Crippen LogP contribution in [0.25, 0.3) is 11.5 Å². The fraction of sp³-hybridized carbons (Fsp3) is 0.273. The summed E-state index contributed by atoms with van der Waals surface area (Å²) in [5.74, 6) is 0.742. The van der Waals surface area contributed by atoms with Crippen LogP contribution >= 0.6 is 38.5 Å². The molecule has 0 aliphatic rings. The highest BCUT2D eigenvalue weighted by molar-refractivity contribution is 14.1. The Bertz CT molecular complexity index is 530. The Balaban J connectivity index is 2.40. The van der Waals surface area contributed by atoms with Crippen molar-refractivity contribution >= 4 is 38.5 Å². The largest absolute Gasteiger partial charge is 0.385 e. The summed E-state index contributed by atoms with van der Waals surface area (Å²) in [6, 6.07) is 5.85. The van der Waals surface area contributed by atoms with Crippen LogP contribution < -0.4 is 0 Å². The van der Waals surface area contributed by atoms with Crippen molar-refractivity contribution in [2.24, 2.45) is 0 Å². The van der Waals surface area contributed by atoms with E-state index in [1.807, 2.05) is 25.1 Å². The first kappa shape index (κ1) is 13.0. The van der Waals surface area contributed by atoms with Gasteiger partial charge in [-0.25, -0.2) is 0 Å². The van der Waals surface area contributed by atoms with Gasteiger partial charge in [-0.05, 0) is 63.1 Å². The molecule has 0 radical (unpaired) electrons. The highest BCUT2D eigenvalue weighted by Crippen LogP contribution is 2.29. The Morgan fingerprint density at radius 1 is 1.53 bits per heavy atom. The van der Waals surface area contributed by atoms with Gasteiger partial charge in [0.05, 0.1) is 5.56 Å². The van der Waals surface area contributed by atoms with E-state index in [2.05, 4.69) is 48.7 Å². The van der Waals surface area contributed by atoms with Gasteiger partial charge in [-0.15, -0.1) is 0 Å². The number of aliphatic hydroxyl groups excluding tert-OH is 1. The maximum atomic E-state index is 9.62. The van der Waals surface area contributed by atoms with Crippen LogP contribution in [0.4, 0.5) is 0 Å². The molecule has 0 saturated heterocycles. The molecule has 1 heterocycles. The molecule has 2 rings (SSSR count). The van der Waals surface area contributed by atoms with Crippen LogP contribution in [0.5, 0.6) is 0 Å². The highest BCUT2D eigenvalue weighted by Gasteiger charge is 2.16. The first-order chi connectivity index (χ1) is 8.11. The van der Waals surface area contributed by atoms with Crippen LogP contribution in [-0.4, -0.2) is 15.2 Å². The smallest absolute Gasteiger partial charge is 0.259 e. The number of hydrogen-bond acceptors (Lipinski definition) is 4. The van der Waals surface area contributed by atoms with E-state index >= 15 is 0 Å². The molecule has 4 nitrogen and oxygen atoms in total. The summed E-state index contributed by atoms with van der Waals surface area (Å²) in [6.07, 6.45) is -0.110. The van der Waals surface area contributed by atoms with E-state index < -0.39 is 6.10 Å². The van der Waals surface area contributed by atoms with Gasteiger partial charge in [0.1, 0.15) is 6.10 Å². The van der Waals surface area contributed by atoms with Crippen molar-refractivity contribution in [3.05, 3.63) is 32.1 Å². The second-order valence-corrected chi connectivity index (χ2v) is 5.61. The van der Waals surface area contributed by atoms with E-state index in [-0.39, 0.29) is 0 Å². The molecule has 2 aromatic rings. The molecule has 0 saturated carbocycles. The molecule has 1 unspecified atom stereocenters. The first-order valence-corrected chi connectivity index (χ1v) is 6.96. The third-order valence-corrected chi connectivity index (χ3v) is 3.65. The average Bonchev–Trinajstić information content (AvgIpc) is 2.80. The molecule has 17 heavy (non-hydrogen) atoms. The minimum Gasteiger partial charge on any atom is -0.385 e. The zero-order chi connectivity index (χ0) is 12.4. The van der Waals surface area contributed by atoms with Crippen molar-refractivity contribution in [2.75, 3.05) is 0 Å². The molecule has 0 spiro atoms. The maximum Gasteiger partial charge on any atom is 0.259 e. The molecular formula is C11H10BrIN2O2. The topological polar surface area (TPSA) is 59.2 Å². The van der Waals surface area contributed by atoms with Gasteiger partial charge in [0.25, 0.3) is 5.89 Å². The Labute approximate surface area is 121 Å². The standard InChI is InChI=1S/C11H10BrIN2O2/c1-2-9(16)10-14-11(17-15-10)7-5-6(13)3-4-8(7)12/h3-5,9,16H,2H2,1H3. The molecule has 90 valence electrons. The van der Waals surface area contributed by atoms with E-state index in [9.17, 15) is 5.11 Å². The SMILES string of the molecule is CCC(O)c1noc(-c2cc(I)ccc2Br)n1. The third kappa shape index (κ3) is 2.86. The number of nitrogens with zero attached hydrogens (tertiary/aromatic N) is 2. The fourth-order valence-corrected chi connectivity index (χ4v) is 2.23. The Hall–Kier alpha value is -0.470. The first-order valence-electron chi connectivity index (χ1n) is 5.09. The van der Waals surface area contributed by atoms with E-state index in [0.29, 0.717) is 18.1 Å². The summed E-state index contributed by atoms with van der Waals surface area (Å²) >= 11 is 5.65. The molecule has 0 aliphatic heterocycles. The molecule has 1 aromatic carbocycles. The van der Waals surface area contributed by atoms with Gasteiger partial charge in [-0.2, -0.15) is 4.98 Å². The summed E-state index contributed by atoms with van der Waals surface area (Å²) < 4.78 is 7.12. The van der Waals surface area contributed by atoms with Crippen molar-refractivity contribution < 1.29 is 9.63 Å². The average molecular weight is 409 g/mol. The maximum absolute atomic E-state index is 9.62. The molecule has 0 aliphatic carbocycles. The molecule has 0 amide bonds. The van der Waals surface area contributed by atoms with Crippen LogP contribution in [0.1, 0.15) is 25.3 Å². The van der Waals surface area contributed by atoms with Gasteiger partial charge < -0.3 is 9.63 Å². The predicted octanol–water partition coefficient (Wildman–Crippen LogP) is 3.55. The second kappa shape index (κ2) is 5.45. The number of aromatic nitrogens is 2. The lowest BCUT2D eigenvalue weighted by atomic mass is 10.2. The van der Waals surface area contributed by atoms with E-state index in [1.165, 1.54) is 0 Å². The summed E-state index contributed by atoms with van der Waals surface area (Å²) in [7, 11) is 0. The monoisotopic (exact) mass is 408 g/mol. The Morgan fingerprint density at radius 3 is 3.00 bits per heavy atom. The van der Waals surface area contributed by atoms with Crippen molar-refractivity contribution in [3.63, 3.8) is 0 Å². The second-order valence-electron chi connectivity index (χ2n) is 3.51. The zero-order valence-electron chi connectivity index (χ0n) is 9.02. The fourth-order valence-electron chi connectivity index (χ4n) is 1.32. The van der Waals surface area contributed by atoms with Crippen LogP contribution in [-0.2, 0) is 0 Å². The number of hydrogen-bond donors (Lipinski definition) is 1. The van der Waals surface area contributed by atoms with Gasteiger partial charge in [-0.1, -0.05) is 12.1 Å². The minimum atomic E-state index is -0.672. The molecular weight excluding hydrogens is 399 g/mol. The lowest BCUT2D eigenvalue weighted by molar-refractivity contribution is 0.159. The van der Waals surface area contributed by atoms with Gasteiger partial charge in [0.15, 0.2) is 0 Å². The van der Waals surface area contributed by atoms with Crippen molar-refractivity contribution in [1.82, 2.24) is 10.1 Å². The van der Waals surface area contributed by atoms with Gasteiger partial charge >= 0.3 is 0 Å².